The second kappa shape index (κ2) is 5.91. The van der Waals surface area contributed by atoms with E-state index in [2.05, 4.69) is 64.8 Å². The van der Waals surface area contributed by atoms with Crippen LogP contribution in [0.15, 0.2) is 30.3 Å². The standard InChI is InChI=1S/C16H24N4S/c1-13(2)20-15(21)17-16(18-20)8-10-19(11-9-16)12-14-6-4-3-5-7-14/h3-7,13,18H,8-12H2,1-2H3,(H,17,21). The summed E-state index contributed by atoms with van der Waals surface area (Å²) < 4.78 is 0. The first-order valence-electron chi connectivity index (χ1n) is 7.73. The van der Waals surface area contributed by atoms with Gasteiger partial charge in [-0.25, -0.2) is 5.43 Å². The first-order valence-corrected chi connectivity index (χ1v) is 8.14. The zero-order valence-corrected chi connectivity index (χ0v) is 13.6. The third-order valence-corrected chi connectivity index (χ3v) is 4.67. The van der Waals surface area contributed by atoms with Crippen LogP contribution in [0.4, 0.5) is 0 Å². The lowest BCUT2D eigenvalue weighted by atomic mass is 9.97. The molecule has 0 aliphatic carbocycles. The predicted molar refractivity (Wildman–Crippen MR) is 89.5 cm³/mol. The summed E-state index contributed by atoms with van der Waals surface area (Å²) >= 11 is 5.44. The molecule has 0 amide bonds. The highest BCUT2D eigenvalue weighted by atomic mass is 32.1. The summed E-state index contributed by atoms with van der Waals surface area (Å²) in [5.74, 6) is 0. The number of benzene rings is 1. The minimum absolute atomic E-state index is 0.0332. The highest BCUT2D eigenvalue weighted by Crippen LogP contribution is 2.26. The molecule has 0 unspecified atom stereocenters. The van der Waals surface area contributed by atoms with E-state index in [9.17, 15) is 0 Å². The van der Waals surface area contributed by atoms with E-state index in [1.165, 1.54) is 5.56 Å². The van der Waals surface area contributed by atoms with Gasteiger partial charge in [-0.2, -0.15) is 0 Å². The Labute approximate surface area is 132 Å². The number of rotatable bonds is 3. The van der Waals surface area contributed by atoms with Crippen LogP contribution in [0.2, 0.25) is 0 Å². The van der Waals surface area contributed by atoms with Crippen molar-refractivity contribution in [2.45, 2.75) is 44.9 Å². The topological polar surface area (TPSA) is 30.5 Å². The van der Waals surface area contributed by atoms with E-state index in [0.717, 1.165) is 37.6 Å². The average Bonchev–Trinajstić information content (AvgIpc) is 2.80. The maximum absolute atomic E-state index is 5.44. The van der Waals surface area contributed by atoms with Gasteiger partial charge in [0.25, 0.3) is 0 Å². The van der Waals surface area contributed by atoms with E-state index in [-0.39, 0.29) is 5.66 Å². The van der Waals surface area contributed by atoms with Crippen molar-refractivity contribution in [3.8, 4) is 0 Å². The molecule has 0 aromatic heterocycles. The number of thiocarbonyl (C=S) groups is 1. The Morgan fingerprint density at radius 1 is 1.19 bits per heavy atom. The molecule has 3 rings (SSSR count). The second-order valence-corrected chi connectivity index (χ2v) is 6.74. The van der Waals surface area contributed by atoms with Gasteiger partial charge in [0.15, 0.2) is 5.11 Å². The summed E-state index contributed by atoms with van der Waals surface area (Å²) in [5.41, 5.74) is 4.95. The van der Waals surface area contributed by atoms with Gasteiger partial charge in [0.2, 0.25) is 0 Å². The Bertz CT molecular complexity index is 494. The summed E-state index contributed by atoms with van der Waals surface area (Å²) in [5, 5.41) is 6.42. The number of likely N-dealkylation sites (tertiary alicyclic amines) is 1. The molecule has 21 heavy (non-hydrogen) atoms. The molecule has 4 nitrogen and oxygen atoms in total. The number of piperidine rings is 1. The number of hydrogen-bond acceptors (Lipinski definition) is 3. The minimum atomic E-state index is -0.0332. The molecule has 2 aliphatic rings. The van der Waals surface area contributed by atoms with E-state index < -0.39 is 0 Å². The van der Waals surface area contributed by atoms with Crippen molar-refractivity contribution in [1.29, 1.82) is 0 Å². The smallest absolute Gasteiger partial charge is 0.185 e. The SMILES string of the molecule is CC(C)N1NC2(CCN(Cc3ccccc3)CC2)NC1=S. The van der Waals surface area contributed by atoms with E-state index in [1.54, 1.807) is 0 Å². The molecule has 0 atom stereocenters. The normalized spacial score (nSPS) is 22.0. The lowest BCUT2D eigenvalue weighted by Crippen LogP contribution is -2.58. The third kappa shape index (κ3) is 3.20. The van der Waals surface area contributed by atoms with Gasteiger partial charge in [0.1, 0.15) is 5.66 Å². The van der Waals surface area contributed by atoms with E-state index >= 15 is 0 Å². The maximum Gasteiger partial charge on any atom is 0.185 e. The molecule has 0 saturated carbocycles. The van der Waals surface area contributed by atoms with Crippen LogP contribution in [0.5, 0.6) is 0 Å². The van der Waals surface area contributed by atoms with Crippen LogP contribution < -0.4 is 10.7 Å². The van der Waals surface area contributed by atoms with Crippen molar-refractivity contribution in [3.05, 3.63) is 35.9 Å². The number of hydrogen-bond donors (Lipinski definition) is 2. The van der Waals surface area contributed by atoms with Crippen molar-refractivity contribution in [2.75, 3.05) is 13.1 Å². The van der Waals surface area contributed by atoms with Crippen molar-refractivity contribution in [1.82, 2.24) is 20.7 Å². The molecule has 2 N–H and O–H groups in total. The highest BCUT2D eigenvalue weighted by molar-refractivity contribution is 7.80. The van der Waals surface area contributed by atoms with Crippen LogP contribution in [-0.2, 0) is 6.54 Å². The molecule has 5 heteroatoms. The quantitative estimate of drug-likeness (QED) is 0.835. The largest absolute Gasteiger partial charge is 0.342 e. The molecule has 0 bridgehead atoms. The predicted octanol–water partition coefficient (Wildman–Crippen LogP) is 2.08. The van der Waals surface area contributed by atoms with Gasteiger partial charge in [-0.1, -0.05) is 30.3 Å². The summed E-state index contributed by atoms with van der Waals surface area (Å²) in [6.07, 6.45) is 2.15. The molecule has 1 aromatic rings. The Morgan fingerprint density at radius 2 is 1.86 bits per heavy atom. The molecule has 0 radical (unpaired) electrons. The zero-order valence-electron chi connectivity index (χ0n) is 12.8. The number of nitrogens with zero attached hydrogens (tertiary/aromatic N) is 2. The van der Waals surface area contributed by atoms with Crippen LogP contribution in [0.1, 0.15) is 32.3 Å². The Kier molecular flexibility index (Phi) is 4.15. The first-order chi connectivity index (χ1) is 10.1. The molecule has 2 heterocycles. The molecule has 1 aromatic carbocycles. The van der Waals surface area contributed by atoms with Gasteiger partial charge < -0.3 is 5.32 Å². The molecule has 114 valence electrons. The van der Waals surface area contributed by atoms with Gasteiger partial charge in [-0.3, -0.25) is 9.91 Å². The van der Waals surface area contributed by atoms with E-state index in [1.807, 2.05) is 0 Å². The first kappa shape index (κ1) is 14.8. The molecule has 1 spiro atoms. The highest BCUT2D eigenvalue weighted by Gasteiger charge is 2.42. The number of nitrogens with one attached hydrogen (secondary N) is 2. The molecule has 2 aliphatic heterocycles. The Balaban J connectivity index is 1.57. The van der Waals surface area contributed by atoms with Crippen LogP contribution in [-0.4, -0.2) is 39.8 Å². The third-order valence-electron chi connectivity index (χ3n) is 4.37. The molecule has 2 saturated heterocycles. The average molecular weight is 304 g/mol. The van der Waals surface area contributed by atoms with Crippen molar-refractivity contribution < 1.29 is 0 Å². The van der Waals surface area contributed by atoms with Gasteiger partial charge in [-0.05, 0) is 44.5 Å². The van der Waals surface area contributed by atoms with Crippen LogP contribution in [0.3, 0.4) is 0 Å². The molecular formula is C16H24N4S. The molecule has 2 fully saturated rings. The fraction of sp³-hybridized carbons (Fsp3) is 0.562. The fourth-order valence-corrected chi connectivity index (χ4v) is 3.56. The lowest BCUT2D eigenvalue weighted by Gasteiger charge is -2.39. The van der Waals surface area contributed by atoms with E-state index in [0.29, 0.717) is 6.04 Å². The van der Waals surface area contributed by atoms with Gasteiger partial charge >= 0.3 is 0 Å². The summed E-state index contributed by atoms with van der Waals surface area (Å²) in [4.78, 5) is 2.52. The van der Waals surface area contributed by atoms with Crippen LogP contribution in [0, 0.1) is 0 Å². The summed E-state index contributed by atoms with van der Waals surface area (Å²) in [7, 11) is 0. The lowest BCUT2D eigenvalue weighted by molar-refractivity contribution is 0.0918. The number of hydrazine groups is 1. The maximum atomic E-state index is 5.44. The Morgan fingerprint density at radius 3 is 2.43 bits per heavy atom. The van der Waals surface area contributed by atoms with Crippen molar-refractivity contribution in [2.24, 2.45) is 0 Å². The Hall–Kier alpha value is -1.17. The van der Waals surface area contributed by atoms with Gasteiger partial charge in [0, 0.05) is 25.7 Å². The van der Waals surface area contributed by atoms with Crippen molar-refractivity contribution in [3.63, 3.8) is 0 Å². The zero-order chi connectivity index (χ0) is 14.9. The van der Waals surface area contributed by atoms with Crippen LogP contribution >= 0.6 is 12.2 Å². The monoisotopic (exact) mass is 304 g/mol. The van der Waals surface area contributed by atoms with Crippen LogP contribution in [0.25, 0.3) is 0 Å². The summed E-state index contributed by atoms with van der Waals surface area (Å²) in [6.45, 7) is 7.53. The van der Waals surface area contributed by atoms with E-state index in [4.69, 9.17) is 12.2 Å². The van der Waals surface area contributed by atoms with Gasteiger partial charge in [0.05, 0.1) is 0 Å². The molecular weight excluding hydrogens is 280 g/mol. The fourth-order valence-electron chi connectivity index (χ4n) is 3.11. The van der Waals surface area contributed by atoms with Crippen molar-refractivity contribution >= 4 is 17.3 Å². The second-order valence-electron chi connectivity index (χ2n) is 6.35. The summed E-state index contributed by atoms with van der Waals surface area (Å²) in [6, 6.07) is 11.1. The van der Waals surface area contributed by atoms with Gasteiger partial charge in [-0.15, -0.1) is 0 Å². The minimum Gasteiger partial charge on any atom is -0.342 e.